The molecule has 4 aromatic rings. The number of amides is 1. The van der Waals surface area contributed by atoms with E-state index in [2.05, 4.69) is 15.5 Å². The fourth-order valence-corrected chi connectivity index (χ4v) is 4.82. The van der Waals surface area contributed by atoms with E-state index in [1.54, 1.807) is 0 Å². The molecular formula is C27H26N4O3S. The van der Waals surface area contributed by atoms with E-state index in [0.717, 1.165) is 34.7 Å². The number of hydrogen-bond donors (Lipinski definition) is 1. The van der Waals surface area contributed by atoms with Crippen LogP contribution in [0.2, 0.25) is 0 Å². The van der Waals surface area contributed by atoms with Crippen molar-refractivity contribution in [3.8, 4) is 17.2 Å². The van der Waals surface area contributed by atoms with E-state index in [4.69, 9.17) is 9.47 Å². The molecule has 8 heteroatoms. The lowest BCUT2D eigenvalue weighted by atomic mass is 10.0. The smallest absolute Gasteiger partial charge is 0.230 e. The predicted molar refractivity (Wildman–Crippen MR) is 135 cm³/mol. The molecule has 0 fully saturated rings. The van der Waals surface area contributed by atoms with Crippen molar-refractivity contribution in [1.82, 2.24) is 20.1 Å². The van der Waals surface area contributed by atoms with Crippen molar-refractivity contribution in [1.29, 1.82) is 0 Å². The summed E-state index contributed by atoms with van der Waals surface area (Å²) in [6, 6.07) is 25.5. The van der Waals surface area contributed by atoms with Crippen molar-refractivity contribution in [2.75, 3.05) is 12.4 Å². The molecule has 0 radical (unpaired) electrons. The van der Waals surface area contributed by atoms with Gasteiger partial charge in [-0.3, -0.25) is 9.36 Å². The second-order valence-corrected chi connectivity index (χ2v) is 9.15. The van der Waals surface area contributed by atoms with E-state index in [0.29, 0.717) is 17.6 Å². The molecule has 3 aromatic carbocycles. The molecule has 1 aromatic heterocycles. The molecule has 0 aliphatic carbocycles. The summed E-state index contributed by atoms with van der Waals surface area (Å²) in [7, 11) is 0. The molecule has 0 unspecified atom stereocenters. The summed E-state index contributed by atoms with van der Waals surface area (Å²) in [5, 5.41) is 12.5. The Labute approximate surface area is 208 Å². The lowest BCUT2D eigenvalue weighted by Crippen LogP contribution is -2.33. The molecule has 1 aliphatic rings. The highest BCUT2D eigenvalue weighted by Gasteiger charge is 2.23. The van der Waals surface area contributed by atoms with Gasteiger partial charge in [0.1, 0.15) is 18.1 Å². The van der Waals surface area contributed by atoms with Gasteiger partial charge in [-0.05, 0) is 36.8 Å². The number of hydrogen-bond acceptors (Lipinski definition) is 6. The number of thioether (sulfide) groups is 1. The number of para-hydroxylation sites is 3. The van der Waals surface area contributed by atoms with Crippen LogP contribution in [0.4, 0.5) is 0 Å². The number of benzene rings is 3. The van der Waals surface area contributed by atoms with Crippen molar-refractivity contribution < 1.29 is 14.3 Å². The van der Waals surface area contributed by atoms with Crippen LogP contribution in [0.5, 0.6) is 11.5 Å². The minimum absolute atomic E-state index is 0.0573. The Hall–Kier alpha value is -3.78. The maximum absolute atomic E-state index is 12.8. The third-order valence-electron chi connectivity index (χ3n) is 5.79. The van der Waals surface area contributed by atoms with Crippen LogP contribution in [0.25, 0.3) is 5.69 Å². The zero-order chi connectivity index (χ0) is 24.0. The molecule has 0 saturated heterocycles. The summed E-state index contributed by atoms with van der Waals surface area (Å²) in [6.45, 7) is 2.86. The largest absolute Gasteiger partial charge is 0.493 e. The Morgan fingerprint density at radius 1 is 1.06 bits per heavy atom. The summed E-state index contributed by atoms with van der Waals surface area (Å²) in [5.74, 6) is 2.47. The predicted octanol–water partition coefficient (Wildman–Crippen LogP) is 4.89. The number of rotatable bonds is 8. The van der Waals surface area contributed by atoms with Crippen molar-refractivity contribution >= 4 is 17.7 Å². The standard InChI is InChI=1S/C27H26N4O3S/c1-19-9-5-7-13-23(19)34-17-25-29-30-27(31(25)20-10-3-2-4-11-20)35-18-26(32)28-22-15-16-33-24-14-8-6-12-21(22)24/h2-14,22H,15-18H2,1H3,(H,28,32)/t22-/m1/s1. The molecule has 178 valence electrons. The van der Waals surface area contributed by atoms with Crippen molar-refractivity contribution in [2.45, 2.75) is 31.1 Å². The Kier molecular flexibility index (Phi) is 6.99. The Morgan fingerprint density at radius 2 is 1.83 bits per heavy atom. The first-order valence-corrected chi connectivity index (χ1v) is 12.5. The number of aryl methyl sites for hydroxylation is 1. The van der Waals surface area contributed by atoms with E-state index >= 15 is 0 Å². The summed E-state index contributed by atoms with van der Waals surface area (Å²) in [4.78, 5) is 12.8. The van der Waals surface area contributed by atoms with E-state index in [9.17, 15) is 4.79 Å². The first-order chi connectivity index (χ1) is 17.2. The van der Waals surface area contributed by atoms with Crippen LogP contribution in [-0.2, 0) is 11.4 Å². The third kappa shape index (κ3) is 5.33. The molecule has 5 rings (SSSR count). The fraction of sp³-hybridized carbons (Fsp3) is 0.222. The quantitative estimate of drug-likeness (QED) is 0.358. The molecule has 0 bridgehead atoms. The second-order valence-electron chi connectivity index (χ2n) is 8.21. The van der Waals surface area contributed by atoms with Gasteiger partial charge in [0.2, 0.25) is 5.91 Å². The Morgan fingerprint density at radius 3 is 2.69 bits per heavy atom. The average Bonchev–Trinajstić information content (AvgIpc) is 3.30. The SMILES string of the molecule is Cc1ccccc1OCc1nnc(SCC(=O)N[C@@H]2CCOc3ccccc32)n1-c1ccccc1. The topological polar surface area (TPSA) is 78.3 Å². The van der Waals surface area contributed by atoms with Crippen molar-refractivity contribution in [2.24, 2.45) is 0 Å². The number of carbonyl (C=O) groups is 1. The zero-order valence-corrected chi connectivity index (χ0v) is 20.2. The molecule has 1 aliphatic heterocycles. The van der Waals surface area contributed by atoms with Crippen molar-refractivity contribution in [3.05, 3.63) is 95.8 Å². The van der Waals surface area contributed by atoms with Gasteiger partial charge in [-0.25, -0.2) is 0 Å². The van der Waals surface area contributed by atoms with Gasteiger partial charge in [-0.15, -0.1) is 10.2 Å². The molecule has 0 saturated carbocycles. The summed E-state index contributed by atoms with van der Waals surface area (Å²) in [5.41, 5.74) is 2.99. The Bertz CT molecular complexity index is 1310. The molecule has 1 N–H and O–H groups in total. The second kappa shape index (κ2) is 10.7. The average molecular weight is 487 g/mol. The summed E-state index contributed by atoms with van der Waals surface area (Å²) in [6.07, 6.45) is 0.744. The summed E-state index contributed by atoms with van der Waals surface area (Å²) < 4.78 is 13.7. The van der Waals surface area contributed by atoms with E-state index < -0.39 is 0 Å². The number of aromatic nitrogens is 3. The van der Waals surface area contributed by atoms with Gasteiger partial charge in [0, 0.05) is 17.7 Å². The highest BCUT2D eigenvalue weighted by atomic mass is 32.2. The maximum atomic E-state index is 12.8. The van der Waals surface area contributed by atoms with Crippen LogP contribution in [0.3, 0.4) is 0 Å². The van der Waals surface area contributed by atoms with Crippen LogP contribution < -0.4 is 14.8 Å². The lowest BCUT2D eigenvalue weighted by molar-refractivity contribution is -0.119. The van der Waals surface area contributed by atoms with Gasteiger partial charge in [-0.1, -0.05) is 66.4 Å². The molecule has 35 heavy (non-hydrogen) atoms. The van der Waals surface area contributed by atoms with Crippen molar-refractivity contribution in [3.63, 3.8) is 0 Å². The van der Waals surface area contributed by atoms with Crippen LogP contribution in [-0.4, -0.2) is 33.0 Å². The number of carbonyl (C=O) groups excluding carboxylic acids is 1. The van der Waals surface area contributed by atoms with E-state index in [-0.39, 0.29) is 24.3 Å². The first kappa shape index (κ1) is 23.0. The van der Waals surface area contributed by atoms with Crippen LogP contribution >= 0.6 is 11.8 Å². The van der Waals surface area contributed by atoms with Gasteiger partial charge in [-0.2, -0.15) is 0 Å². The molecule has 2 heterocycles. The normalized spacial score (nSPS) is 14.6. The lowest BCUT2D eigenvalue weighted by Gasteiger charge is -2.26. The third-order valence-corrected chi connectivity index (χ3v) is 6.72. The monoisotopic (exact) mass is 486 g/mol. The van der Waals surface area contributed by atoms with Gasteiger partial charge in [0.05, 0.1) is 18.4 Å². The molecule has 1 amide bonds. The highest BCUT2D eigenvalue weighted by molar-refractivity contribution is 7.99. The fourth-order valence-electron chi connectivity index (χ4n) is 4.04. The highest BCUT2D eigenvalue weighted by Crippen LogP contribution is 2.32. The van der Waals surface area contributed by atoms with Crippen LogP contribution in [0, 0.1) is 6.92 Å². The molecule has 0 spiro atoms. The minimum Gasteiger partial charge on any atom is -0.493 e. The maximum Gasteiger partial charge on any atom is 0.230 e. The number of ether oxygens (including phenoxy) is 2. The number of nitrogens with zero attached hydrogens (tertiary/aromatic N) is 3. The number of nitrogens with one attached hydrogen (secondary N) is 1. The van der Waals surface area contributed by atoms with Gasteiger partial charge in [0.25, 0.3) is 0 Å². The van der Waals surface area contributed by atoms with E-state index in [1.165, 1.54) is 11.8 Å². The van der Waals surface area contributed by atoms with Gasteiger partial charge in [0.15, 0.2) is 11.0 Å². The Balaban J connectivity index is 1.30. The first-order valence-electron chi connectivity index (χ1n) is 11.5. The minimum atomic E-state index is -0.0583. The molecule has 7 nitrogen and oxygen atoms in total. The zero-order valence-electron chi connectivity index (χ0n) is 19.4. The van der Waals surface area contributed by atoms with Gasteiger partial charge < -0.3 is 14.8 Å². The molecular weight excluding hydrogens is 460 g/mol. The summed E-state index contributed by atoms with van der Waals surface area (Å²) >= 11 is 1.36. The van der Waals surface area contributed by atoms with Crippen LogP contribution in [0.15, 0.2) is 84.0 Å². The van der Waals surface area contributed by atoms with E-state index in [1.807, 2.05) is 90.4 Å². The number of fused-ring (bicyclic) bond motifs is 1. The van der Waals surface area contributed by atoms with Crippen LogP contribution in [0.1, 0.15) is 29.4 Å². The van der Waals surface area contributed by atoms with Gasteiger partial charge >= 0.3 is 0 Å². The molecule has 1 atom stereocenters.